The molecule has 1 N–H and O–H groups in total. The number of likely N-dealkylation sites (tertiary alicyclic amines) is 1. The van der Waals surface area contributed by atoms with Crippen LogP contribution < -0.4 is 5.32 Å². The van der Waals surface area contributed by atoms with Crippen molar-refractivity contribution in [1.29, 1.82) is 0 Å². The normalized spacial score (nSPS) is 15.0. The van der Waals surface area contributed by atoms with Crippen molar-refractivity contribution in [2.45, 2.75) is 30.3 Å². The van der Waals surface area contributed by atoms with Gasteiger partial charge in [-0.25, -0.2) is 0 Å². The highest BCUT2D eigenvalue weighted by Gasteiger charge is 2.21. The van der Waals surface area contributed by atoms with Crippen molar-refractivity contribution in [2.24, 2.45) is 0 Å². The van der Waals surface area contributed by atoms with Crippen molar-refractivity contribution < 1.29 is 4.79 Å². The number of hydrogen-bond donors (Lipinski definition) is 1. The van der Waals surface area contributed by atoms with Crippen LogP contribution in [0.5, 0.6) is 0 Å². The smallest absolute Gasteiger partial charge is 0.251 e. The summed E-state index contributed by atoms with van der Waals surface area (Å²) in [7, 11) is 0. The Bertz CT molecular complexity index is 1030. The van der Waals surface area contributed by atoms with E-state index in [1.54, 1.807) is 30.0 Å². The lowest BCUT2D eigenvalue weighted by atomic mass is 10.0. The van der Waals surface area contributed by atoms with Crippen LogP contribution in [-0.4, -0.2) is 36.2 Å². The van der Waals surface area contributed by atoms with Gasteiger partial charge in [0.1, 0.15) is 0 Å². The molecule has 160 valence electrons. The molecular formula is C26H27ClN2OS. The van der Waals surface area contributed by atoms with Gasteiger partial charge in [0.25, 0.3) is 5.91 Å². The molecule has 0 aliphatic carbocycles. The summed E-state index contributed by atoms with van der Waals surface area (Å²) in [6.45, 7) is 2.89. The predicted octanol–water partition coefficient (Wildman–Crippen LogP) is 6.12. The van der Waals surface area contributed by atoms with Crippen LogP contribution >= 0.6 is 23.4 Å². The Balaban J connectivity index is 1.31. The first-order chi connectivity index (χ1) is 15.1. The highest BCUT2D eigenvalue weighted by atomic mass is 35.5. The third-order valence-electron chi connectivity index (χ3n) is 5.77. The van der Waals surface area contributed by atoms with Crippen LogP contribution in [0.4, 0.5) is 0 Å². The molecule has 1 heterocycles. The molecule has 3 aromatic rings. The van der Waals surface area contributed by atoms with Crippen molar-refractivity contribution in [2.75, 3.05) is 19.3 Å². The lowest BCUT2D eigenvalue weighted by Crippen LogP contribution is -2.44. The van der Waals surface area contributed by atoms with Crippen LogP contribution in [0.1, 0.15) is 28.8 Å². The maximum absolute atomic E-state index is 12.5. The number of piperidine rings is 1. The van der Waals surface area contributed by atoms with Crippen LogP contribution in [0.15, 0.2) is 77.7 Å². The van der Waals surface area contributed by atoms with E-state index < -0.39 is 0 Å². The summed E-state index contributed by atoms with van der Waals surface area (Å²) in [6, 6.07) is 24.9. The molecule has 0 aromatic heterocycles. The summed E-state index contributed by atoms with van der Waals surface area (Å²) in [5.74, 6) is -0.0406. The Morgan fingerprint density at radius 1 is 1.00 bits per heavy atom. The third-order valence-corrected chi connectivity index (χ3v) is 6.74. The molecule has 3 nitrogen and oxygen atoms in total. The average molecular weight is 451 g/mol. The number of thioether (sulfide) groups is 1. The van der Waals surface area contributed by atoms with Gasteiger partial charge < -0.3 is 5.32 Å². The molecule has 3 aromatic carbocycles. The molecule has 1 fully saturated rings. The first-order valence-corrected chi connectivity index (χ1v) is 12.2. The second kappa shape index (κ2) is 10.4. The minimum Gasteiger partial charge on any atom is -0.349 e. The molecule has 0 unspecified atom stereocenters. The van der Waals surface area contributed by atoms with E-state index in [1.165, 1.54) is 21.6 Å². The fourth-order valence-corrected chi connectivity index (χ4v) is 4.62. The fraction of sp³-hybridized carbons (Fsp3) is 0.269. The molecule has 1 amide bonds. The van der Waals surface area contributed by atoms with Crippen LogP contribution in [-0.2, 0) is 6.54 Å². The molecule has 0 bridgehead atoms. The summed E-state index contributed by atoms with van der Waals surface area (Å²) < 4.78 is 0. The lowest BCUT2D eigenvalue weighted by molar-refractivity contribution is 0.0909. The van der Waals surface area contributed by atoms with E-state index >= 15 is 0 Å². The van der Waals surface area contributed by atoms with Gasteiger partial charge >= 0.3 is 0 Å². The highest BCUT2D eigenvalue weighted by molar-refractivity contribution is 7.98. The van der Waals surface area contributed by atoms with Gasteiger partial charge in [-0.1, -0.05) is 48.0 Å². The molecule has 0 radical (unpaired) electrons. The Hall–Kier alpha value is -2.27. The summed E-state index contributed by atoms with van der Waals surface area (Å²) in [4.78, 5) is 16.2. The predicted molar refractivity (Wildman–Crippen MR) is 131 cm³/mol. The summed E-state index contributed by atoms with van der Waals surface area (Å²) in [5.41, 5.74) is 4.46. The fourth-order valence-electron chi connectivity index (χ4n) is 4.02. The van der Waals surface area contributed by atoms with E-state index in [0.717, 1.165) is 32.5 Å². The zero-order valence-electron chi connectivity index (χ0n) is 17.7. The highest BCUT2D eigenvalue weighted by Crippen LogP contribution is 2.25. The van der Waals surface area contributed by atoms with E-state index in [9.17, 15) is 4.79 Å². The average Bonchev–Trinajstić information content (AvgIpc) is 2.80. The molecular weight excluding hydrogens is 424 g/mol. The Labute approximate surface area is 193 Å². The topological polar surface area (TPSA) is 32.3 Å². The number of nitrogens with one attached hydrogen (secondary N) is 1. The van der Waals surface area contributed by atoms with Gasteiger partial charge in [-0.05, 0) is 72.2 Å². The SMILES string of the molecule is CSc1ccc(-c2cccc(CN3CCC(NC(=O)c4cccc(Cl)c4)CC3)c2)cc1. The van der Waals surface area contributed by atoms with Gasteiger partial charge in [-0.15, -0.1) is 11.8 Å². The molecule has 1 aliphatic heterocycles. The zero-order chi connectivity index (χ0) is 21.6. The minimum atomic E-state index is -0.0406. The second-order valence-corrected chi connectivity index (χ2v) is 9.28. The summed E-state index contributed by atoms with van der Waals surface area (Å²) in [6.07, 6.45) is 4.02. The Morgan fingerprint density at radius 3 is 2.45 bits per heavy atom. The molecule has 5 heteroatoms. The van der Waals surface area contributed by atoms with Crippen LogP contribution in [0.2, 0.25) is 5.02 Å². The zero-order valence-corrected chi connectivity index (χ0v) is 19.3. The second-order valence-electron chi connectivity index (χ2n) is 7.96. The van der Waals surface area contributed by atoms with Gasteiger partial charge in [0, 0.05) is 41.2 Å². The molecule has 4 rings (SSSR count). The number of carbonyl (C=O) groups excluding carboxylic acids is 1. The quantitative estimate of drug-likeness (QED) is 0.459. The van der Waals surface area contributed by atoms with Gasteiger partial charge in [0.15, 0.2) is 0 Å². The number of carbonyl (C=O) groups is 1. The first kappa shape index (κ1) is 21.9. The Kier molecular flexibility index (Phi) is 7.33. The molecule has 0 spiro atoms. The van der Waals surface area contributed by atoms with Gasteiger partial charge in [0.2, 0.25) is 0 Å². The van der Waals surface area contributed by atoms with E-state index in [-0.39, 0.29) is 11.9 Å². The largest absolute Gasteiger partial charge is 0.349 e. The standard InChI is InChI=1S/C26H27ClN2OS/c1-31-25-10-8-20(9-11-25)21-5-2-4-19(16-21)18-29-14-12-24(13-15-29)28-26(30)22-6-3-7-23(27)17-22/h2-11,16-17,24H,12-15,18H2,1H3,(H,28,30). The number of amides is 1. The molecule has 1 aliphatic rings. The van der Waals surface area contributed by atoms with Gasteiger partial charge in [-0.3, -0.25) is 9.69 Å². The van der Waals surface area contributed by atoms with Gasteiger partial charge in [0.05, 0.1) is 0 Å². The van der Waals surface area contributed by atoms with E-state index in [2.05, 4.69) is 65.0 Å². The number of rotatable bonds is 6. The summed E-state index contributed by atoms with van der Waals surface area (Å²) in [5, 5.41) is 3.75. The first-order valence-electron chi connectivity index (χ1n) is 10.6. The molecule has 31 heavy (non-hydrogen) atoms. The van der Waals surface area contributed by atoms with Crippen molar-refractivity contribution in [3.05, 3.63) is 88.9 Å². The van der Waals surface area contributed by atoms with Gasteiger partial charge in [-0.2, -0.15) is 0 Å². The molecule has 0 saturated carbocycles. The van der Waals surface area contributed by atoms with Crippen LogP contribution in [0, 0.1) is 0 Å². The maximum Gasteiger partial charge on any atom is 0.251 e. The van der Waals surface area contributed by atoms with E-state index in [1.807, 2.05) is 6.07 Å². The Morgan fingerprint density at radius 2 is 1.74 bits per heavy atom. The van der Waals surface area contributed by atoms with Crippen LogP contribution in [0.3, 0.4) is 0 Å². The van der Waals surface area contributed by atoms with Crippen molar-refractivity contribution in [3.63, 3.8) is 0 Å². The van der Waals surface area contributed by atoms with Crippen LogP contribution in [0.25, 0.3) is 11.1 Å². The number of nitrogens with zero attached hydrogens (tertiary/aromatic N) is 1. The molecule has 1 saturated heterocycles. The van der Waals surface area contributed by atoms with Crippen molar-refractivity contribution in [1.82, 2.24) is 10.2 Å². The lowest BCUT2D eigenvalue weighted by Gasteiger charge is -2.32. The van der Waals surface area contributed by atoms with E-state index in [4.69, 9.17) is 11.6 Å². The van der Waals surface area contributed by atoms with Crippen molar-refractivity contribution in [3.8, 4) is 11.1 Å². The number of hydrogen-bond acceptors (Lipinski definition) is 3. The van der Waals surface area contributed by atoms with Crippen molar-refractivity contribution >= 4 is 29.3 Å². The molecule has 0 atom stereocenters. The number of halogens is 1. The monoisotopic (exact) mass is 450 g/mol. The minimum absolute atomic E-state index is 0.0406. The third kappa shape index (κ3) is 5.91. The van der Waals surface area contributed by atoms with E-state index in [0.29, 0.717) is 10.6 Å². The maximum atomic E-state index is 12.5. The number of benzene rings is 3. The summed E-state index contributed by atoms with van der Waals surface area (Å²) >= 11 is 7.77.